The lowest BCUT2D eigenvalue weighted by Gasteiger charge is -2.23. The highest BCUT2D eigenvalue weighted by Gasteiger charge is 2.26. The normalized spacial score (nSPS) is 14.8. The summed E-state index contributed by atoms with van der Waals surface area (Å²) in [4.78, 5) is 26.2. The third kappa shape index (κ3) is 2.83. The molecule has 1 aliphatic rings. The number of carbonyl (C=O) groups is 2. The summed E-state index contributed by atoms with van der Waals surface area (Å²) >= 11 is 6.04. The van der Waals surface area contributed by atoms with E-state index in [2.05, 4.69) is 0 Å². The lowest BCUT2D eigenvalue weighted by Crippen LogP contribution is -2.29. The highest BCUT2D eigenvalue weighted by atomic mass is 35.5. The predicted molar refractivity (Wildman–Crippen MR) is 82.6 cm³/mol. The molecule has 0 saturated carbocycles. The fourth-order valence-electron chi connectivity index (χ4n) is 2.53. The second kappa shape index (κ2) is 5.70. The summed E-state index contributed by atoms with van der Waals surface area (Å²) in [5, 5.41) is 0.523. The number of amides is 1. The number of hydrogen-bond donors (Lipinski definition) is 0. The van der Waals surface area contributed by atoms with Crippen molar-refractivity contribution in [2.45, 2.75) is 19.4 Å². The van der Waals surface area contributed by atoms with Crippen LogP contribution in [-0.4, -0.2) is 11.7 Å². The van der Waals surface area contributed by atoms with Crippen LogP contribution >= 0.6 is 11.6 Å². The summed E-state index contributed by atoms with van der Waals surface area (Å²) < 4.78 is 0. The first-order valence-electron chi connectivity index (χ1n) is 6.82. The Labute approximate surface area is 128 Å². The first kappa shape index (κ1) is 13.8. The molecule has 1 heterocycles. The van der Waals surface area contributed by atoms with Crippen molar-refractivity contribution in [2.75, 3.05) is 4.90 Å². The molecule has 0 atom stereocenters. The summed E-state index contributed by atoms with van der Waals surface area (Å²) in [6.07, 6.45) is 0.483. The van der Waals surface area contributed by atoms with Crippen LogP contribution in [0.15, 0.2) is 48.5 Å². The van der Waals surface area contributed by atoms with E-state index in [1.165, 1.54) is 0 Å². The zero-order valence-electron chi connectivity index (χ0n) is 11.4. The number of nitrogens with zero attached hydrogens (tertiary/aromatic N) is 1. The molecule has 0 fully saturated rings. The zero-order chi connectivity index (χ0) is 14.8. The van der Waals surface area contributed by atoms with Crippen molar-refractivity contribution < 1.29 is 9.59 Å². The van der Waals surface area contributed by atoms with Crippen LogP contribution in [0.1, 0.15) is 28.8 Å². The maximum Gasteiger partial charge on any atom is 0.227 e. The minimum Gasteiger partial charge on any atom is -0.307 e. The van der Waals surface area contributed by atoms with Gasteiger partial charge in [-0.3, -0.25) is 9.59 Å². The Morgan fingerprint density at radius 3 is 2.52 bits per heavy atom. The number of benzene rings is 2. The van der Waals surface area contributed by atoms with E-state index in [1.807, 2.05) is 30.3 Å². The summed E-state index contributed by atoms with van der Waals surface area (Å²) in [6.45, 7) is 0.445. The minimum atomic E-state index is -0.0479. The van der Waals surface area contributed by atoms with Gasteiger partial charge in [0.1, 0.15) is 0 Å². The molecule has 0 aliphatic carbocycles. The van der Waals surface area contributed by atoms with Crippen LogP contribution in [-0.2, 0) is 11.3 Å². The molecule has 0 aromatic heterocycles. The van der Waals surface area contributed by atoms with E-state index in [1.54, 1.807) is 23.1 Å². The lowest BCUT2D eigenvalue weighted by molar-refractivity contribution is -0.118. The van der Waals surface area contributed by atoms with Crippen molar-refractivity contribution in [2.24, 2.45) is 0 Å². The van der Waals surface area contributed by atoms with Crippen LogP contribution in [0.25, 0.3) is 0 Å². The summed E-state index contributed by atoms with van der Waals surface area (Å²) in [7, 11) is 0. The van der Waals surface area contributed by atoms with Gasteiger partial charge in [0.2, 0.25) is 5.91 Å². The van der Waals surface area contributed by atoms with Gasteiger partial charge in [-0.1, -0.05) is 41.9 Å². The Morgan fingerprint density at radius 1 is 1.00 bits per heavy atom. The van der Waals surface area contributed by atoms with Gasteiger partial charge in [0.05, 0.1) is 12.2 Å². The highest BCUT2D eigenvalue weighted by molar-refractivity contribution is 6.31. The van der Waals surface area contributed by atoms with E-state index in [0.717, 1.165) is 5.56 Å². The quantitative estimate of drug-likeness (QED) is 0.844. The Kier molecular flexibility index (Phi) is 3.76. The van der Waals surface area contributed by atoms with Crippen molar-refractivity contribution in [1.82, 2.24) is 0 Å². The van der Waals surface area contributed by atoms with Crippen LogP contribution < -0.4 is 4.90 Å². The van der Waals surface area contributed by atoms with E-state index in [9.17, 15) is 9.59 Å². The molecule has 21 heavy (non-hydrogen) atoms. The van der Waals surface area contributed by atoms with Crippen molar-refractivity contribution in [3.8, 4) is 0 Å². The molecule has 0 unspecified atom stereocenters. The molecule has 0 radical (unpaired) electrons. The third-order valence-corrected chi connectivity index (χ3v) is 3.84. The standard InChI is InChI=1S/C17H14ClNO2/c18-13-6-7-14-15(10-13)19(17(21)9-8-16(14)20)11-12-4-2-1-3-5-12/h1-7,10H,8-9,11H2. The van der Waals surface area contributed by atoms with Crippen molar-refractivity contribution in [1.29, 1.82) is 0 Å². The van der Waals surface area contributed by atoms with E-state index in [4.69, 9.17) is 11.6 Å². The Morgan fingerprint density at radius 2 is 1.76 bits per heavy atom. The van der Waals surface area contributed by atoms with Gasteiger partial charge in [-0.25, -0.2) is 0 Å². The summed E-state index contributed by atoms with van der Waals surface area (Å²) in [6, 6.07) is 14.8. The van der Waals surface area contributed by atoms with Gasteiger partial charge in [0.25, 0.3) is 0 Å². The van der Waals surface area contributed by atoms with Crippen molar-refractivity contribution in [3.05, 3.63) is 64.7 Å². The topological polar surface area (TPSA) is 37.4 Å². The fraction of sp³-hybridized carbons (Fsp3) is 0.176. The first-order chi connectivity index (χ1) is 10.1. The SMILES string of the molecule is O=C1CCC(=O)N(Cc2ccccc2)c2cc(Cl)ccc21. The Balaban J connectivity index is 2.05. The van der Waals surface area contributed by atoms with E-state index >= 15 is 0 Å². The smallest absolute Gasteiger partial charge is 0.227 e. The highest BCUT2D eigenvalue weighted by Crippen LogP contribution is 2.31. The van der Waals surface area contributed by atoms with Crippen LogP contribution in [0.2, 0.25) is 5.02 Å². The van der Waals surface area contributed by atoms with Gasteiger partial charge >= 0.3 is 0 Å². The average Bonchev–Trinajstić information content (AvgIpc) is 2.60. The largest absolute Gasteiger partial charge is 0.307 e. The summed E-state index contributed by atoms with van der Waals surface area (Å²) in [5.74, 6) is -0.0567. The number of rotatable bonds is 2. The van der Waals surface area contributed by atoms with Gasteiger partial charge in [0.15, 0.2) is 5.78 Å². The fourth-order valence-corrected chi connectivity index (χ4v) is 2.69. The second-order valence-electron chi connectivity index (χ2n) is 5.05. The molecule has 1 amide bonds. The molecule has 106 valence electrons. The van der Waals surface area contributed by atoms with Crippen LogP contribution in [0, 0.1) is 0 Å². The molecule has 0 bridgehead atoms. The van der Waals surface area contributed by atoms with Gasteiger partial charge in [-0.05, 0) is 23.8 Å². The molecule has 0 N–H and O–H groups in total. The number of Topliss-reactive ketones (excluding diaryl/α,β-unsaturated/α-hetero) is 1. The Bertz CT molecular complexity index is 697. The van der Waals surface area contributed by atoms with Crippen molar-refractivity contribution >= 4 is 29.0 Å². The molecule has 2 aromatic rings. The number of halogens is 1. The predicted octanol–water partition coefficient (Wildman–Crippen LogP) is 3.85. The molecular weight excluding hydrogens is 286 g/mol. The monoisotopic (exact) mass is 299 g/mol. The van der Waals surface area contributed by atoms with Crippen LogP contribution in [0.5, 0.6) is 0 Å². The van der Waals surface area contributed by atoms with Crippen LogP contribution in [0.4, 0.5) is 5.69 Å². The number of anilines is 1. The van der Waals surface area contributed by atoms with Gasteiger partial charge in [0, 0.05) is 23.4 Å². The van der Waals surface area contributed by atoms with Gasteiger partial charge in [-0.2, -0.15) is 0 Å². The third-order valence-electron chi connectivity index (χ3n) is 3.60. The van der Waals surface area contributed by atoms with Crippen molar-refractivity contribution in [3.63, 3.8) is 0 Å². The first-order valence-corrected chi connectivity index (χ1v) is 7.20. The second-order valence-corrected chi connectivity index (χ2v) is 5.49. The minimum absolute atomic E-state index is 0.00872. The Hall–Kier alpha value is -2.13. The van der Waals surface area contributed by atoms with E-state index < -0.39 is 0 Å². The van der Waals surface area contributed by atoms with Crippen LogP contribution in [0.3, 0.4) is 0 Å². The maximum absolute atomic E-state index is 12.4. The zero-order valence-corrected chi connectivity index (χ0v) is 12.1. The van der Waals surface area contributed by atoms with Gasteiger partial charge in [-0.15, -0.1) is 0 Å². The molecule has 1 aliphatic heterocycles. The molecule has 2 aromatic carbocycles. The average molecular weight is 300 g/mol. The molecule has 3 rings (SSSR count). The number of fused-ring (bicyclic) bond motifs is 1. The summed E-state index contributed by atoms with van der Waals surface area (Å²) in [5.41, 5.74) is 2.20. The number of hydrogen-bond acceptors (Lipinski definition) is 2. The number of carbonyl (C=O) groups excluding carboxylic acids is 2. The molecular formula is C17H14ClNO2. The molecule has 0 saturated heterocycles. The number of ketones is 1. The molecule has 3 nitrogen and oxygen atoms in total. The lowest BCUT2D eigenvalue weighted by atomic mass is 10.1. The molecule has 0 spiro atoms. The van der Waals surface area contributed by atoms with E-state index in [-0.39, 0.29) is 24.5 Å². The van der Waals surface area contributed by atoms with E-state index in [0.29, 0.717) is 22.8 Å². The maximum atomic E-state index is 12.4. The van der Waals surface area contributed by atoms with Gasteiger partial charge < -0.3 is 4.90 Å². The molecule has 4 heteroatoms.